The van der Waals surface area contributed by atoms with Crippen molar-refractivity contribution in [2.45, 2.75) is 52.5 Å². The summed E-state index contributed by atoms with van der Waals surface area (Å²) in [5, 5.41) is 14.6. The molecule has 186 valence electrons. The minimum atomic E-state index is -1.10. The third-order valence-electron chi connectivity index (χ3n) is 7.13. The Morgan fingerprint density at radius 2 is 1.69 bits per heavy atom. The second-order valence-corrected chi connectivity index (χ2v) is 10.0. The summed E-state index contributed by atoms with van der Waals surface area (Å²) < 4.78 is 3.51. The molecule has 1 N–H and O–H groups in total. The predicted molar refractivity (Wildman–Crippen MR) is 138 cm³/mol. The average Bonchev–Trinajstić information content (AvgIpc) is 3.51. The number of fused-ring (bicyclic) bond motifs is 1. The molecular weight excluding hydrogens is 454 g/mol. The topological polar surface area (TPSA) is 92.7 Å². The zero-order valence-corrected chi connectivity index (χ0v) is 20.8. The fourth-order valence-corrected chi connectivity index (χ4v) is 5.03. The van der Waals surface area contributed by atoms with Gasteiger partial charge in [0.05, 0.1) is 5.69 Å². The van der Waals surface area contributed by atoms with Crippen molar-refractivity contribution >= 4 is 23.3 Å². The summed E-state index contributed by atoms with van der Waals surface area (Å²) in [5.41, 5.74) is 3.69. The molecule has 4 aromatic rings. The molecule has 1 aromatic carbocycles. The lowest BCUT2D eigenvalue weighted by Crippen LogP contribution is -2.43. The molecule has 8 heteroatoms. The molecule has 3 heterocycles. The first-order valence-electron chi connectivity index (χ1n) is 12.5. The Labute approximate surface area is 210 Å². The monoisotopic (exact) mass is 485 g/mol. The normalized spacial score (nSPS) is 18.0. The zero-order chi connectivity index (χ0) is 25.4. The van der Waals surface area contributed by atoms with Crippen molar-refractivity contribution in [2.75, 3.05) is 4.90 Å². The lowest BCUT2D eigenvalue weighted by molar-refractivity contribution is -0.124. The highest BCUT2D eigenvalue weighted by Gasteiger charge is 2.34. The smallest absolute Gasteiger partial charge is 0.341 e. The number of nitrogens with zero attached hydrogens (tertiary/aromatic N) is 5. The van der Waals surface area contributed by atoms with E-state index in [0.717, 1.165) is 48.1 Å². The number of aromatic nitrogens is 4. The number of carbonyl (C=O) groups excluding carboxylic acids is 1. The minimum absolute atomic E-state index is 0.0239. The molecule has 0 unspecified atom stereocenters. The molecule has 1 aliphatic carbocycles. The molecule has 1 fully saturated rings. The second kappa shape index (κ2) is 9.60. The lowest BCUT2D eigenvalue weighted by atomic mass is 9.82. The quantitative estimate of drug-likeness (QED) is 0.392. The van der Waals surface area contributed by atoms with E-state index < -0.39 is 5.97 Å². The Morgan fingerprint density at radius 1 is 1.00 bits per heavy atom. The molecule has 0 bridgehead atoms. The lowest BCUT2D eigenvalue weighted by Gasteiger charge is -2.32. The van der Waals surface area contributed by atoms with Gasteiger partial charge in [0.1, 0.15) is 11.2 Å². The number of aromatic carboxylic acids is 1. The van der Waals surface area contributed by atoms with E-state index in [2.05, 4.69) is 17.0 Å². The van der Waals surface area contributed by atoms with Crippen LogP contribution in [0.2, 0.25) is 0 Å². The van der Waals surface area contributed by atoms with E-state index in [0.29, 0.717) is 5.92 Å². The van der Waals surface area contributed by atoms with Crippen LogP contribution in [0.15, 0.2) is 61.2 Å². The van der Waals surface area contributed by atoms with E-state index in [1.54, 1.807) is 15.8 Å². The van der Waals surface area contributed by atoms with Crippen LogP contribution in [0.25, 0.3) is 22.5 Å². The number of benzene rings is 1. The van der Waals surface area contributed by atoms with Gasteiger partial charge < -0.3 is 9.51 Å². The van der Waals surface area contributed by atoms with Crippen LogP contribution in [-0.2, 0) is 4.79 Å². The number of carboxylic acid groups (broad SMARTS) is 1. The van der Waals surface area contributed by atoms with E-state index in [1.165, 1.54) is 6.20 Å². The molecule has 3 aromatic heterocycles. The van der Waals surface area contributed by atoms with Crippen molar-refractivity contribution in [2.24, 2.45) is 11.8 Å². The standard InChI is InChI=1S/C28H31N5O3/c1-18(2)33(27(34)21-6-4-19(3)5-7-21)26-24(28(35)36)17-32(30-26)23-11-8-20(9-12-23)22-10-13-25-29-14-15-31(25)16-22/h8-19,21H,4-7H2,1-3H3,(H,35,36). The van der Waals surface area contributed by atoms with Gasteiger partial charge in [-0.1, -0.05) is 19.1 Å². The first-order valence-corrected chi connectivity index (χ1v) is 12.5. The number of anilines is 1. The van der Waals surface area contributed by atoms with E-state index in [1.807, 2.05) is 67.0 Å². The SMILES string of the molecule is CC1CCC(C(=O)N(c2nn(-c3ccc(-c4ccc5nccn5c4)cc3)cc2C(=O)O)C(C)C)CC1. The van der Waals surface area contributed by atoms with Gasteiger partial charge in [0.25, 0.3) is 0 Å². The molecule has 0 aliphatic heterocycles. The fraction of sp³-hybridized carbons (Fsp3) is 0.357. The van der Waals surface area contributed by atoms with Crippen LogP contribution in [0.5, 0.6) is 0 Å². The second-order valence-electron chi connectivity index (χ2n) is 10.0. The summed E-state index contributed by atoms with van der Waals surface area (Å²) in [4.78, 5) is 31.5. The molecule has 1 amide bonds. The third-order valence-corrected chi connectivity index (χ3v) is 7.13. The van der Waals surface area contributed by atoms with Gasteiger partial charge >= 0.3 is 5.97 Å². The summed E-state index contributed by atoms with van der Waals surface area (Å²) in [6.07, 6.45) is 10.9. The molecule has 1 aliphatic rings. The fourth-order valence-electron chi connectivity index (χ4n) is 5.03. The Morgan fingerprint density at radius 3 is 2.36 bits per heavy atom. The van der Waals surface area contributed by atoms with Crippen LogP contribution in [0.4, 0.5) is 5.82 Å². The molecular formula is C28H31N5O3. The Kier molecular flexibility index (Phi) is 6.35. The van der Waals surface area contributed by atoms with Crippen LogP contribution in [-0.4, -0.2) is 42.2 Å². The van der Waals surface area contributed by atoms with Crippen molar-refractivity contribution in [3.8, 4) is 16.8 Å². The summed E-state index contributed by atoms with van der Waals surface area (Å²) in [6, 6.07) is 11.5. The van der Waals surface area contributed by atoms with E-state index >= 15 is 0 Å². The molecule has 0 spiro atoms. The van der Waals surface area contributed by atoms with Crippen LogP contribution in [0, 0.1) is 11.8 Å². The highest BCUT2D eigenvalue weighted by atomic mass is 16.4. The number of carboxylic acids is 1. The van der Waals surface area contributed by atoms with Crippen molar-refractivity contribution in [3.05, 3.63) is 66.7 Å². The van der Waals surface area contributed by atoms with Crippen molar-refractivity contribution in [1.82, 2.24) is 19.2 Å². The molecule has 0 radical (unpaired) electrons. The van der Waals surface area contributed by atoms with Gasteiger partial charge in [-0.2, -0.15) is 0 Å². The van der Waals surface area contributed by atoms with E-state index in [-0.39, 0.29) is 29.2 Å². The van der Waals surface area contributed by atoms with Gasteiger partial charge in [-0.15, -0.1) is 5.10 Å². The maximum absolute atomic E-state index is 13.5. The van der Waals surface area contributed by atoms with Crippen LogP contribution >= 0.6 is 0 Å². The summed E-state index contributed by atoms with van der Waals surface area (Å²) >= 11 is 0. The molecule has 0 saturated heterocycles. The number of hydrogen-bond acceptors (Lipinski definition) is 4. The summed E-state index contributed by atoms with van der Waals surface area (Å²) in [7, 11) is 0. The zero-order valence-electron chi connectivity index (χ0n) is 20.8. The number of imidazole rings is 1. The Bertz CT molecular complexity index is 1390. The molecule has 8 nitrogen and oxygen atoms in total. The number of hydrogen-bond donors (Lipinski definition) is 1. The van der Waals surface area contributed by atoms with Gasteiger partial charge in [-0.25, -0.2) is 14.5 Å². The summed E-state index contributed by atoms with van der Waals surface area (Å²) in [5.74, 6) is -0.398. The number of pyridine rings is 1. The average molecular weight is 486 g/mol. The summed E-state index contributed by atoms with van der Waals surface area (Å²) in [6.45, 7) is 6.02. The van der Waals surface area contributed by atoms with Gasteiger partial charge in [0, 0.05) is 36.7 Å². The highest BCUT2D eigenvalue weighted by Crippen LogP contribution is 2.33. The third kappa shape index (κ3) is 4.51. The number of amides is 1. The van der Waals surface area contributed by atoms with Gasteiger partial charge in [-0.05, 0) is 80.8 Å². The van der Waals surface area contributed by atoms with Crippen molar-refractivity contribution < 1.29 is 14.7 Å². The molecule has 0 atom stereocenters. The van der Waals surface area contributed by atoms with Gasteiger partial charge in [0.15, 0.2) is 5.82 Å². The number of carbonyl (C=O) groups is 2. The van der Waals surface area contributed by atoms with E-state index in [4.69, 9.17) is 0 Å². The van der Waals surface area contributed by atoms with Gasteiger partial charge in [0.2, 0.25) is 5.91 Å². The molecule has 5 rings (SSSR count). The molecule has 1 saturated carbocycles. The Hall–Kier alpha value is -3.94. The predicted octanol–water partition coefficient (Wildman–Crippen LogP) is 5.45. The first-order chi connectivity index (χ1) is 17.3. The van der Waals surface area contributed by atoms with Crippen LogP contribution < -0.4 is 4.90 Å². The Balaban J connectivity index is 1.46. The largest absolute Gasteiger partial charge is 0.477 e. The minimum Gasteiger partial charge on any atom is -0.477 e. The van der Waals surface area contributed by atoms with Crippen LogP contribution in [0.1, 0.15) is 56.8 Å². The highest BCUT2D eigenvalue weighted by molar-refractivity contribution is 6.01. The van der Waals surface area contributed by atoms with Gasteiger partial charge in [-0.3, -0.25) is 9.69 Å². The van der Waals surface area contributed by atoms with Crippen molar-refractivity contribution in [3.63, 3.8) is 0 Å². The number of rotatable bonds is 6. The first kappa shape index (κ1) is 23.8. The van der Waals surface area contributed by atoms with Crippen LogP contribution in [0.3, 0.4) is 0 Å². The molecule has 36 heavy (non-hydrogen) atoms. The maximum Gasteiger partial charge on any atom is 0.341 e. The van der Waals surface area contributed by atoms with E-state index in [9.17, 15) is 14.7 Å². The maximum atomic E-state index is 13.5. The van der Waals surface area contributed by atoms with Crippen molar-refractivity contribution in [1.29, 1.82) is 0 Å².